The molecule has 0 bridgehead atoms. The number of amides is 1. The van der Waals surface area contributed by atoms with E-state index >= 15 is 0 Å². The Morgan fingerprint density at radius 3 is 2.55 bits per heavy atom. The van der Waals surface area contributed by atoms with Gasteiger partial charge in [-0.2, -0.15) is 0 Å². The fraction of sp³-hybridized carbons (Fsp3) is 0.333. The second kappa shape index (κ2) is 7.59. The highest BCUT2D eigenvalue weighted by Crippen LogP contribution is 2.22. The summed E-state index contributed by atoms with van der Waals surface area (Å²) < 4.78 is 5.93. The van der Waals surface area contributed by atoms with Crippen LogP contribution in [0.3, 0.4) is 0 Å². The van der Waals surface area contributed by atoms with Crippen molar-refractivity contribution in [3.8, 4) is 5.75 Å². The molecule has 0 aliphatic heterocycles. The average molecular weight is 298 g/mol. The van der Waals surface area contributed by atoms with E-state index in [9.17, 15) is 4.79 Å². The van der Waals surface area contributed by atoms with Crippen LogP contribution in [0.4, 0.5) is 5.82 Å². The Morgan fingerprint density at radius 1 is 1.14 bits per heavy atom. The minimum absolute atomic E-state index is 0.0591. The molecule has 0 saturated heterocycles. The molecule has 0 radical (unpaired) electrons. The van der Waals surface area contributed by atoms with E-state index in [0.717, 1.165) is 6.42 Å². The zero-order valence-electron chi connectivity index (χ0n) is 13.2. The van der Waals surface area contributed by atoms with Crippen LogP contribution < -0.4 is 10.1 Å². The summed E-state index contributed by atoms with van der Waals surface area (Å²) in [5.74, 6) is 1.46. The van der Waals surface area contributed by atoms with Crippen LogP contribution in [-0.2, 0) is 0 Å². The van der Waals surface area contributed by atoms with Gasteiger partial charge in [-0.05, 0) is 43.5 Å². The monoisotopic (exact) mass is 298 g/mol. The highest BCUT2D eigenvalue weighted by Gasteiger charge is 2.15. The van der Waals surface area contributed by atoms with Gasteiger partial charge in [0.15, 0.2) is 0 Å². The minimum Gasteiger partial charge on any atom is -0.490 e. The molecule has 0 unspecified atom stereocenters. The normalized spacial score (nSPS) is 12.0. The van der Waals surface area contributed by atoms with Crippen molar-refractivity contribution >= 4 is 11.7 Å². The topological polar surface area (TPSA) is 51.2 Å². The summed E-state index contributed by atoms with van der Waals surface area (Å²) in [5, 5.41) is 2.78. The molecule has 22 heavy (non-hydrogen) atoms. The van der Waals surface area contributed by atoms with Crippen LogP contribution in [0.5, 0.6) is 5.75 Å². The Hall–Kier alpha value is -2.36. The summed E-state index contributed by atoms with van der Waals surface area (Å²) >= 11 is 0. The lowest BCUT2D eigenvalue weighted by atomic mass is 10.1. The van der Waals surface area contributed by atoms with Gasteiger partial charge in [0, 0.05) is 6.20 Å². The molecule has 1 aromatic carbocycles. The number of para-hydroxylation sites is 1. The van der Waals surface area contributed by atoms with Crippen LogP contribution in [0.15, 0.2) is 48.7 Å². The predicted molar refractivity (Wildman–Crippen MR) is 88.2 cm³/mol. The molecule has 1 heterocycles. The summed E-state index contributed by atoms with van der Waals surface area (Å²) in [6, 6.07) is 12.7. The molecule has 2 aromatic rings. The standard InChI is InChI=1S/C18H22N2O2/c1-13(2)12-14(3)22-16-9-5-4-8-15(16)18(21)20-17-10-6-7-11-19-17/h4-11,13-14H,12H2,1-3H3,(H,19,20,21)/t14-/m0/s1. The van der Waals surface area contributed by atoms with Crippen LogP contribution in [0.1, 0.15) is 37.6 Å². The molecule has 1 aromatic heterocycles. The lowest BCUT2D eigenvalue weighted by Gasteiger charge is -2.18. The first kappa shape index (κ1) is 16.0. The van der Waals surface area contributed by atoms with E-state index in [-0.39, 0.29) is 12.0 Å². The van der Waals surface area contributed by atoms with Gasteiger partial charge in [-0.25, -0.2) is 4.98 Å². The van der Waals surface area contributed by atoms with Crippen molar-refractivity contribution in [2.45, 2.75) is 33.3 Å². The summed E-state index contributed by atoms with van der Waals surface area (Å²) in [5.41, 5.74) is 0.517. The number of aromatic nitrogens is 1. The van der Waals surface area contributed by atoms with Gasteiger partial charge >= 0.3 is 0 Å². The number of pyridine rings is 1. The summed E-state index contributed by atoms with van der Waals surface area (Å²) in [6.07, 6.45) is 2.64. The van der Waals surface area contributed by atoms with Gasteiger partial charge < -0.3 is 10.1 Å². The first-order valence-electron chi connectivity index (χ1n) is 7.54. The van der Waals surface area contributed by atoms with Crippen LogP contribution in [-0.4, -0.2) is 17.0 Å². The third kappa shape index (κ3) is 4.58. The number of nitrogens with zero attached hydrogens (tertiary/aromatic N) is 1. The van der Waals surface area contributed by atoms with Crippen molar-refractivity contribution in [1.29, 1.82) is 0 Å². The molecule has 4 nitrogen and oxygen atoms in total. The maximum Gasteiger partial charge on any atom is 0.260 e. The molecule has 0 saturated carbocycles. The Balaban J connectivity index is 2.12. The molecule has 2 rings (SSSR count). The molecule has 0 spiro atoms. The molecule has 0 aliphatic rings. The van der Waals surface area contributed by atoms with E-state index in [1.54, 1.807) is 24.4 Å². The third-order valence-electron chi connectivity index (χ3n) is 3.17. The average Bonchev–Trinajstić information content (AvgIpc) is 2.47. The van der Waals surface area contributed by atoms with Crippen molar-refractivity contribution in [3.63, 3.8) is 0 Å². The van der Waals surface area contributed by atoms with E-state index < -0.39 is 0 Å². The highest BCUT2D eigenvalue weighted by atomic mass is 16.5. The minimum atomic E-state index is -0.217. The third-order valence-corrected chi connectivity index (χ3v) is 3.17. The zero-order valence-corrected chi connectivity index (χ0v) is 13.2. The first-order valence-corrected chi connectivity index (χ1v) is 7.54. The molecule has 1 N–H and O–H groups in total. The fourth-order valence-corrected chi connectivity index (χ4v) is 2.31. The van der Waals surface area contributed by atoms with E-state index in [1.165, 1.54) is 0 Å². The van der Waals surface area contributed by atoms with E-state index in [1.807, 2.05) is 31.2 Å². The molecule has 1 atom stereocenters. The molecule has 116 valence electrons. The van der Waals surface area contributed by atoms with Gasteiger partial charge in [-0.3, -0.25) is 4.79 Å². The molecular formula is C18H22N2O2. The molecular weight excluding hydrogens is 276 g/mol. The number of carbonyl (C=O) groups is 1. The molecule has 0 fully saturated rings. The van der Waals surface area contributed by atoms with Crippen molar-refractivity contribution in [3.05, 3.63) is 54.2 Å². The largest absolute Gasteiger partial charge is 0.490 e. The Morgan fingerprint density at radius 2 is 1.86 bits per heavy atom. The molecule has 4 heteroatoms. The van der Waals surface area contributed by atoms with Crippen molar-refractivity contribution < 1.29 is 9.53 Å². The predicted octanol–water partition coefficient (Wildman–Crippen LogP) is 4.15. The second-order valence-corrected chi connectivity index (χ2v) is 5.72. The van der Waals surface area contributed by atoms with Gasteiger partial charge in [-0.15, -0.1) is 0 Å². The number of rotatable bonds is 6. The van der Waals surface area contributed by atoms with Gasteiger partial charge in [0.05, 0.1) is 11.7 Å². The van der Waals surface area contributed by atoms with E-state index in [0.29, 0.717) is 23.0 Å². The number of hydrogen-bond donors (Lipinski definition) is 1. The van der Waals surface area contributed by atoms with E-state index in [4.69, 9.17) is 4.74 Å². The van der Waals surface area contributed by atoms with Gasteiger partial charge in [-0.1, -0.05) is 32.0 Å². The lowest BCUT2D eigenvalue weighted by molar-refractivity contribution is 0.101. The summed E-state index contributed by atoms with van der Waals surface area (Å²) in [7, 11) is 0. The first-order chi connectivity index (χ1) is 10.6. The maximum absolute atomic E-state index is 12.4. The number of anilines is 1. The lowest BCUT2D eigenvalue weighted by Crippen LogP contribution is -2.19. The number of carbonyl (C=O) groups excluding carboxylic acids is 1. The van der Waals surface area contributed by atoms with Crippen molar-refractivity contribution in [1.82, 2.24) is 4.98 Å². The SMILES string of the molecule is CC(C)C[C@H](C)Oc1ccccc1C(=O)Nc1ccccn1. The van der Waals surface area contributed by atoms with Crippen LogP contribution in [0.25, 0.3) is 0 Å². The van der Waals surface area contributed by atoms with E-state index in [2.05, 4.69) is 24.1 Å². The molecule has 1 amide bonds. The molecule has 0 aliphatic carbocycles. The van der Waals surface area contributed by atoms with Crippen LogP contribution in [0.2, 0.25) is 0 Å². The van der Waals surface area contributed by atoms with Gasteiger partial charge in [0.1, 0.15) is 11.6 Å². The fourth-order valence-electron chi connectivity index (χ4n) is 2.31. The smallest absolute Gasteiger partial charge is 0.260 e. The van der Waals surface area contributed by atoms with Crippen LogP contribution in [0, 0.1) is 5.92 Å². The highest BCUT2D eigenvalue weighted by molar-refractivity contribution is 6.05. The number of nitrogens with one attached hydrogen (secondary N) is 1. The number of benzene rings is 1. The second-order valence-electron chi connectivity index (χ2n) is 5.72. The number of ether oxygens (including phenoxy) is 1. The van der Waals surface area contributed by atoms with Gasteiger partial charge in [0.2, 0.25) is 0 Å². The quantitative estimate of drug-likeness (QED) is 0.871. The number of hydrogen-bond acceptors (Lipinski definition) is 3. The van der Waals surface area contributed by atoms with Gasteiger partial charge in [0.25, 0.3) is 5.91 Å². The maximum atomic E-state index is 12.4. The Kier molecular flexibility index (Phi) is 5.53. The summed E-state index contributed by atoms with van der Waals surface area (Å²) in [6.45, 7) is 6.33. The van der Waals surface area contributed by atoms with Crippen LogP contribution >= 0.6 is 0 Å². The Labute approximate surface area is 131 Å². The van der Waals surface area contributed by atoms with Crippen molar-refractivity contribution in [2.24, 2.45) is 5.92 Å². The summed E-state index contributed by atoms with van der Waals surface area (Å²) in [4.78, 5) is 16.5. The zero-order chi connectivity index (χ0) is 15.9. The Bertz CT molecular complexity index is 611. The van der Waals surface area contributed by atoms with Crippen molar-refractivity contribution in [2.75, 3.05) is 5.32 Å².